The summed E-state index contributed by atoms with van der Waals surface area (Å²) < 4.78 is 9.98. The second-order valence-corrected chi connectivity index (χ2v) is 4.43. The van der Waals surface area contributed by atoms with E-state index in [2.05, 4.69) is 10.3 Å². The van der Waals surface area contributed by atoms with Crippen molar-refractivity contribution in [3.8, 4) is 0 Å². The van der Waals surface area contributed by atoms with E-state index in [4.69, 9.17) is 9.47 Å². The van der Waals surface area contributed by atoms with Crippen molar-refractivity contribution in [3.63, 3.8) is 0 Å². The van der Waals surface area contributed by atoms with Gasteiger partial charge in [-0.05, 0) is 23.3 Å². The lowest BCUT2D eigenvalue weighted by Gasteiger charge is -2.07. The Labute approximate surface area is 128 Å². The maximum absolute atomic E-state index is 11.5. The average Bonchev–Trinajstić information content (AvgIpc) is 2.58. The molecule has 0 saturated carbocycles. The molecule has 0 aliphatic carbocycles. The highest BCUT2D eigenvalue weighted by Crippen LogP contribution is 2.01. The molecule has 1 aromatic heterocycles. The zero-order valence-corrected chi connectivity index (χ0v) is 11.9. The molecule has 2 rings (SSSR count). The monoisotopic (exact) mass is 300 g/mol. The summed E-state index contributed by atoms with van der Waals surface area (Å²) in [6.07, 6.45) is 2.56. The number of carbonyl (C=O) groups excluding carboxylic acids is 2. The summed E-state index contributed by atoms with van der Waals surface area (Å²) in [6, 6.07) is 12.8. The summed E-state index contributed by atoms with van der Waals surface area (Å²) in [6.45, 7) is 0.0551. The first-order valence-corrected chi connectivity index (χ1v) is 6.73. The van der Waals surface area contributed by atoms with Crippen molar-refractivity contribution in [2.24, 2.45) is 0 Å². The van der Waals surface area contributed by atoms with Gasteiger partial charge in [0.2, 0.25) is 0 Å². The lowest BCUT2D eigenvalue weighted by Crippen LogP contribution is -2.31. The van der Waals surface area contributed by atoms with E-state index in [9.17, 15) is 9.59 Å². The van der Waals surface area contributed by atoms with Crippen LogP contribution in [-0.4, -0.2) is 23.6 Å². The van der Waals surface area contributed by atoms with E-state index in [0.29, 0.717) is 0 Å². The molecular formula is C16H16N2O4. The van der Waals surface area contributed by atoms with Crippen LogP contribution in [0.1, 0.15) is 11.1 Å². The van der Waals surface area contributed by atoms with Crippen molar-refractivity contribution in [2.45, 2.75) is 13.2 Å². The molecule has 0 radical (unpaired) electrons. The topological polar surface area (TPSA) is 77.5 Å². The maximum atomic E-state index is 11.5. The molecule has 0 saturated heterocycles. The predicted molar refractivity (Wildman–Crippen MR) is 78.7 cm³/mol. The van der Waals surface area contributed by atoms with Gasteiger partial charge in [0.15, 0.2) is 0 Å². The number of ether oxygens (including phenoxy) is 2. The SMILES string of the molecule is O=C(CNC(=O)OCc1ccccc1)OCc1ccncc1. The third kappa shape index (κ3) is 5.62. The number of benzene rings is 1. The number of esters is 1. The molecule has 1 aromatic carbocycles. The van der Waals surface area contributed by atoms with Crippen molar-refractivity contribution in [1.82, 2.24) is 10.3 Å². The van der Waals surface area contributed by atoms with Crippen molar-refractivity contribution >= 4 is 12.1 Å². The second kappa shape index (κ2) is 8.41. The first-order valence-electron chi connectivity index (χ1n) is 6.73. The van der Waals surface area contributed by atoms with Crippen LogP contribution in [0.25, 0.3) is 0 Å². The lowest BCUT2D eigenvalue weighted by atomic mass is 10.2. The fraction of sp³-hybridized carbons (Fsp3) is 0.188. The van der Waals surface area contributed by atoms with E-state index in [1.54, 1.807) is 24.5 Å². The molecule has 1 heterocycles. The molecule has 0 aliphatic rings. The average molecular weight is 300 g/mol. The van der Waals surface area contributed by atoms with E-state index in [1.165, 1.54) is 0 Å². The van der Waals surface area contributed by atoms with Crippen molar-refractivity contribution < 1.29 is 19.1 Å². The second-order valence-electron chi connectivity index (χ2n) is 4.43. The van der Waals surface area contributed by atoms with Crippen LogP contribution < -0.4 is 5.32 Å². The molecule has 0 fully saturated rings. The van der Waals surface area contributed by atoms with Crippen LogP contribution in [0.15, 0.2) is 54.9 Å². The van der Waals surface area contributed by atoms with Crippen LogP contribution in [0.2, 0.25) is 0 Å². The highest BCUT2D eigenvalue weighted by molar-refractivity contribution is 5.77. The van der Waals surface area contributed by atoms with E-state index in [0.717, 1.165) is 11.1 Å². The van der Waals surface area contributed by atoms with Crippen molar-refractivity contribution in [2.75, 3.05) is 6.54 Å². The zero-order valence-electron chi connectivity index (χ0n) is 11.9. The molecule has 6 nitrogen and oxygen atoms in total. The normalized spacial score (nSPS) is 9.82. The van der Waals surface area contributed by atoms with Gasteiger partial charge in [0, 0.05) is 12.4 Å². The molecule has 2 aromatic rings. The number of hydrogen-bond acceptors (Lipinski definition) is 5. The van der Waals surface area contributed by atoms with Crippen LogP contribution in [0.3, 0.4) is 0 Å². The third-order valence-corrected chi connectivity index (χ3v) is 2.74. The Kier molecular flexibility index (Phi) is 5.92. The van der Waals surface area contributed by atoms with Gasteiger partial charge in [-0.3, -0.25) is 9.78 Å². The summed E-state index contributed by atoms with van der Waals surface area (Å²) in [5.74, 6) is -0.534. The minimum Gasteiger partial charge on any atom is -0.459 e. The summed E-state index contributed by atoms with van der Waals surface area (Å²) in [4.78, 5) is 26.8. The van der Waals surface area contributed by atoms with E-state index in [1.807, 2.05) is 30.3 Å². The van der Waals surface area contributed by atoms with Gasteiger partial charge in [-0.2, -0.15) is 0 Å². The summed E-state index contributed by atoms with van der Waals surface area (Å²) in [5, 5.41) is 2.34. The van der Waals surface area contributed by atoms with Gasteiger partial charge in [0.1, 0.15) is 19.8 Å². The molecule has 1 N–H and O–H groups in total. The number of amides is 1. The third-order valence-electron chi connectivity index (χ3n) is 2.74. The standard InChI is InChI=1S/C16H16N2O4/c19-15(21-11-14-6-8-17-9-7-14)10-18-16(20)22-12-13-4-2-1-3-5-13/h1-9H,10-12H2,(H,18,20). The highest BCUT2D eigenvalue weighted by Gasteiger charge is 2.07. The Morgan fingerprint density at radius 3 is 2.27 bits per heavy atom. The van der Waals surface area contributed by atoms with Crippen LogP contribution in [0.5, 0.6) is 0 Å². The number of hydrogen-bond donors (Lipinski definition) is 1. The molecule has 0 atom stereocenters. The zero-order chi connectivity index (χ0) is 15.6. The predicted octanol–water partition coefficient (Wildman–Crippen LogP) is 2.05. The number of aromatic nitrogens is 1. The molecule has 1 amide bonds. The Hall–Kier alpha value is -2.89. The van der Waals surface area contributed by atoms with Crippen LogP contribution in [-0.2, 0) is 27.5 Å². The van der Waals surface area contributed by atoms with Crippen LogP contribution in [0.4, 0.5) is 4.79 Å². The minimum atomic E-state index is -0.662. The largest absolute Gasteiger partial charge is 0.459 e. The first-order chi connectivity index (χ1) is 10.7. The number of pyridine rings is 1. The highest BCUT2D eigenvalue weighted by atomic mass is 16.6. The fourth-order valence-corrected chi connectivity index (χ4v) is 1.61. The molecular weight excluding hydrogens is 284 g/mol. The lowest BCUT2D eigenvalue weighted by molar-refractivity contribution is -0.143. The van der Waals surface area contributed by atoms with Gasteiger partial charge >= 0.3 is 12.1 Å². The number of nitrogens with one attached hydrogen (secondary N) is 1. The Morgan fingerprint density at radius 1 is 0.909 bits per heavy atom. The quantitative estimate of drug-likeness (QED) is 0.826. The van der Waals surface area contributed by atoms with Gasteiger partial charge in [-0.15, -0.1) is 0 Å². The molecule has 0 bridgehead atoms. The van der Waals surface area contributed by atoms with E-state index in [-0.39, 0.29) is 19.8 Å². The summed E-state index contributed by atoms with van der Waals surface area (Å²) in [7, 11) is 0. The van der Waals surface area contributed by atoms with Gasteiger partial charge in [0.25, 0.3) is 0 Å². The molecule has 114 valence electrons. The van der Waals surface area contributed by atoms with Gasteiger partial charge in [0.05, 0.1) is 0 Å². The molecule has 0 unspecified atom stereocenters. The van der Waals surface area contributed by atoms with Crippen LogP contribution >= 0.6 is 0 Å². The Morgan fingerprint density at radius 2 is 1.55 bits per heavy atom. The summed E-state index contributed by atoms with van der Waals surface area (Å²) >= 11 is 0. The first kappa shape index (κ1) is 15.5. The minimum absolute atomic E-state index is 0.141. The molecule has 0 spiro atoms. The van der Waals surface area contributed by atoms with Crippen molar-refractivity contribution in [3.05, 3.63) is 66.0 Å². The number of nitrogens with zero attached hydrogens (tertiary/aromatic N) is 1. The number of carbonyl (C=O) groups is 2. The fourth-order valence-electron chi connectivity index (χ4n) is 1.61. The van der Waals surface area contributed by atoms with Gasteiger partial charge in [-0.1, -0.05) is 30.3 Å². The molecule has 0 aliphatic heterocycles. The van der Waals surface area contributed by atoms with E-state index >= 15 is 0 Å². The Bertz CT molecular complexity index is 547. The van der Waals surface area contributed by atoms with Crippen molar-refractivity contribution in [1.29, 1.82) is 0 Å². The van der Waals surface area contributed by atoms with Gasteiger partial charge in [-0.25, -0.2) is 4.79 Å². The maximum Gasteiger partial charge on any atom is 0.407 e. The molecule has 6 heteroatoms. The van der Waals surface area contributed by atoms with Crippen LogP contribution in [0, 0.1) is 0 Å². The van der Waals surface area contributed by atoms with E-state index < -0.39 is 12.1 Å². The Balaban J connectivity index is 1.62. The van der Waals surface area contributed by atoms with Gasteiger partial charge < -0.3 is 14.8 Å². The summed E-state index contributed by atoms with van der Waals surface area (Å²) in [5.41, 5.74) is 1.70. The smallest absolute Gasteiger partial charge is 0.407 e. The number of rotatable bonds is 6. The number of alkyl carbamates (subject to hydrolysis) is 1. The molecule has 22 heavy (non-hydrogen) atoms.